The summed E-state index contributed by atoms with van der Waals surface area (Å²) < 4.78 is 17.5. The molecule has 14 unspecified atom stereocenters. The quantitative estimate of drug-likeness (QED) is 0.179. The van der Waals surface area contributed by atoms with Crippen molar-refractivity contribution >= 4 is 23.6 Å². The number of aliphatic hydroxyl groups excluding tert-OH is 2. The van der Waals surface area contributed by atoms with Crippen LogP contribution in [0.2, 0.25) is 0 Å². The van der Waals surface area contributed by atoms with Gasteiger partial charge in [-0.2, -0.15) is 0 Å². The Morgan fingerprint density at radius 3 is 2.49 bits per heavy atom. The van der Waals surface area contributed by atoms with Crippen LogP contribution in [-0.2, 0) is 34.0 Å². The number of hydrogen-bond acceptors (Lipinski definition) is 11. The van der Waals surface area contributed by atoms with Crippen LogP contribution in [-0.4, -0.2) is 118 Å². The smallest absolute Gasteiger partial charge is 0.362 e. The summed E-state index contributed by atoms with van der Waals surface area (Å²) in [5, 5.41) is 50.6. The summed E-state index contributed by atoms with van der Waals surface area (Å²) in [6, 6.07) is 8.21. The number of halogens is 1. The van der Waals surface area contributed by atoms with Crippen molar-refractivity contribution < 1.29 is 70.5 Å². The van der Waals surface area contributed by atoms with E-state index < -0.39 is 57.8 Å². The number of carbonyl (C=O) groups is 3. The molecule has 1 aromatic rings. The Balaban J connectivity index is 0.00000420. The van der Waals surface area contributed by atoms with E-state index in [0.717, 1.165) is 30.5 Å². The molecule has 322 valence electrons. The molecule has 4 saturated heterocycles. The predicted molar refractivity (Wildman–Crippen MR) is 208 cm³/mol. The van der Waals surface area contributed by atoms with E-state index in [2.05, 4.69) is 44.0 Å². The number of anilines is 1. The highest BCUT2D eigenvalue weighted by atomic mass is 79.9. The first-order valence-electron chi connectivity index (χ1n) is 22.3. The van der Waals surface area contributed by atoms with Crippen molar-refractivity contribution in [1.82, 2.24) is 0 Å². The molecule has 12 rings (SSSR count). The minimum atomic E-state index is -1.50. The van der Waals surface area contributed by atoms with Gasteiger partial charge < -0.3 is 56.5 Å². The average Bonchev–Trinajstić information content (AvgIpc) is 3.89. The van der Waals surface area contributed by atoms with Crippen molar-refractivity contribution in [2.45, 2.75) is 144 Å². The lowest BCUT2D eigenvalue weighted by Crippen LogP contribution is -3.00. The fraction of sp³-hybridized carbons (Fsp3) is 0.761. The first kappa shape index (κ1) is 40.5. The van der Waals surface area contributed by atoms with Gasteiger partial charge >= 0.3 is 17.9 Å². The third kappa shape index (κ3) is 4.56. The predicted octanol–water partition coefficient (Wildman–Crippen LogP) is 0.510. The molecule has 1 aromatic carbocycles. The maximum Gasteiger partial charge on any atom is 0.362 e. The number of piperidine rings is 4. The molecule has 11 aliphatic rings. The number of quaternary nitrogens is 1. The van der Waals surface area contributed by atoms with Crippen LogP contribution in [0.1, 0.15) is 96.5 Å². The number of methoxy groups -OCH3 is 1. The van der Waals surface area contributed by atoms with Crippen molar-refractivity contribution in [3.8, 4) is 0 Å². The maximum absolute atomic E-state index is 14.6. The molecule has 13 heteroatoms. The van der Waals surface area contributed by atoms with Crippen molar-refractivity contribution in [2.75, 3.05) is 32.2 Å². The maximum atomic E-state index is 14.6. The summed E-state index contributed by atoms with van der Waals surface area (Å²) in [6.07, 6.45) is 6.02. The Morgan fingerprint density at radius 2 is 1.76 bits per heavy atom. The second-order valence-corrected chi connectivity index (χ2v) is 20.9. The number of fused-ring (bicyclic) bond motifs is 7. The first-order chi connectivity index (χ1) is 27.7. The monoisotopic (exact) mass is 880 g/mol. The number of cyclic esters (lactones) is 1. The van der Waals surface area contributed by atoms with Gasteiger partial charge in [0.15, 0.2) is 12.8 Å². The normalized spacial score (nSPS) is 51.7. The lowest BCUT2D eigenvalue weighted by atomic mass is 9.41. The van der Waals surface area contributed by atoms with E-state index in [1.165, 1.54) is 12.7 Å². The van der Waals surface area contributed by atoms with Crippen molar-refractivity contribution in [1.29, 1.82) is 0 Å². The summed E-state index contributed by atoms with van der Waals surface area (Å²) in [7, 11) is 3.48. The number of hydrogen-bond donors (Lipinski definition) is 4. The zero-order valence-electron chi connectivity index (χ0n) is 34.7. The number of aliphatic hydroxyl groups is 4. The summed E-state index contributed by atoms with van der Waals surface area (Å²) in [4.78, 5) is 43.2. The molecule has 18 atom stereocenters. The van der Waals surface area contributed by atoms with Crippen LogP contribution in [0, 0.1) is 46.3 Å². The Morgan fingerprint density at radius 1 is 1.00 bits per heavy atom. The number of nitrogens with zero attached hydrogens (tertiary/aromatic N) is 2. The second kappa shape index (κ2) is 13.0. The standard InChI is InChI=1S/C46H61N2O10.BrH/c1-5-26-27-19-33-38-44(31-8-6-7-9-32(31)47(38)3)21-34(37(27)39(44)51)48(33,40(26)52)22-36(50)58-25-10-16-45(41(53)56-4)29-11-14-42(2)28(24-18-35(49)57-23-24)13-17-46(42,55)30(29)12-15-43(45,54)20-25;/h6-9,18,25-30,33-34,37-40,51-52,54-55H,5,10-17,19-23H2,1-4H3;1H/q+1;/p-1/t25?,26?,27?,28-,29-,30+,33?,34?,37?,38?,39?,40+,42?,43?,44?,45?,46?,48?;/m0./s1. The summed E-state index contributed by atoms with van der Waals surface area (Å²) in [5.41, 5.74) is -1.55. The Bertz CT molecular complexity index is 2020. The van der Waals surface area contributed by atoms with Crippen molar-refractivity contribution in [3.05, 3.63) is 41.5 Å². The second-order valence-electron chi connectivity index (χ2n) is 20.9. The van der Waals surface area contributed by atoms with Gasteiger partial charge in [0.2, 0.25) is 0 Å². The van der Waals surface area contributed by atoms with Crippen LogP contribution in [0.15, 0.2) is 35.9 Å². The van der Waals surface area contributed by atoms with Crippen molar-refractivity contribution in [3.63, 3.8) is 0 Å². The largest absolute Gasteiger partial charge is 1.00 e. The number of benzene rings is 1. The third-order valence-corrected chi connectivity index (χ3v) is 19.9. The zero-order chi connectivity index (χ0) is 40.5. The van der Waals surface area contributed by atoms with E-state index in [1.807, 2.05) is 6.07 Å². The number of rotatable bonds is 6. The van der Waals surface area contributed by atoms with Crippen LogP contribution in [0.5, 0.6) is 0 Å². The van der Waals surface area contributed by atoms with Gasteiger partial charge in [-0.05, 0) is 98.7 Å². The molecule has 59 heavy (non-hydrogen) atoms. The van der Waals surface area contributed by atoms with Gasteiger partial charge in [0.05, 0.1) is 47.3 Å². The molecule has 6 heterocycles. The first-order valence-corrected chi connectivity index (χ1v) is 22.3. The molecule has 4 N–H and O–H groups in total. The van der Waals surface area contributed by atoms with Gasteiger partial charge in [0.1, 0.15) is 18.8 Å². The van der Waals surface area contributed by atoms with Gasteiger partial charge in [-0.15, -0.1) is 0 Å². The molecule has 0 aromatic heterocycles. The van der Waals surface area contributed by atoms with Gasteiger partial charge in [-0.25, -0.2) is 9.59 Å². The van der Waals surface area contributed by atoms with Crippen LogP contribution in [0.3, 0.4) is 0 Å². The zero-order valence-corrected chi connectivity index (χ0v) is 36.3. The molecule has 5 saturated carbocycles. The fourth-order valence-electron chi connectivity index (χ4n) is 17.9. The van der Waals surface area contributed by atoms with Crippen LogP contribution in [0.25, 0.3) is 0 Å². The van der Waals surface area contributed by atoms with Gasteiger partial charge in [0.25, 0.3) is 0 Å². The SMILES string of the molecule is CCC1C2CC3C4N(C)c5ccccc5C45CC(C2C5O)[N+]3(CC(=O)OC2CCC3(C(=O)OC)[C@H]4CCC5(C)[C@H](C6=CC(=O)OC6)CCC5(O)[C@@H]4CCC3(O)C2)[C@@H]1O.[Br-]. The number of likely N-dealkylation sites (N-methyl/N-ethyl adjacent to an activating group) is 1. The Kier molecular flexibility index (Phi) is 8.93. The van der Waals surface area contributed by atoms with E-state index in [1.54, 1.807) is 6.08 Å². The molecule has 6 aliphatic heterocycles. The molecular weight excluding hydrogens is 820 g/mol. The van der Waals surface area contributed by atoms with E-state index in [-0.39, 0.29) is 113 Å². The Hall–Kier alpha value is -2.55. The average molecular weight is 882 g/mol. The van der Waals surface area contributed by atoms with Gasteiger partial charge in [0, 0.05) is 55.3 Å². The number of esters is 3. The molecule has 1 spiro atoms. The van der Waals surface area contributed by atoms with E-state index >= 15 is 0 Å². The minimum Gasteiger partial charge on any atom is -1.00 e. The molecule has 5 aliphatic carbocycles. The minimum absolute atomic E-state index is 0. The highest BCUT2D eigenvalue weighted by Crippen LogP contribution is 2.73. The third-order valence-electron chi connectivity index (χ3n) is 19.9. The number of ether oxygens (including phenoxy) is 3. The lowest BCUT2D eigenvalue weighted by Gasteiger charge is -2.67. The molecule has 0 radical (unpaired) electrons. The molecule has 12 nitrogen and oxygen atoms in total. The van der Waals surface area contributed by atoms with Crippen LogP contribution >= 0.6 is 0 Å². The molecule has 9 fully saturated rings. The summed E-state index contributed by atoms with van der Waals surface area (Å²) in [5.74, 6) is -1.64. The fourth-order valence-corrected chi connectivity index (χ4v) is 17.9. The van der Waals surface area contributed by atoms with E-state index in [4.69, 9.17) is 14.2 Å². The van der Waals surface area contributed by atoms with Crippen LogP contribution in [0.4, 0.5) is 5.69 Å². The van der Waals surface area contributed by atoms with Gasteiger partial charge in [-0.3, -0.25) is 9.28 Å². The lowest BCUT2D eigenvalue weighted by molar-refractivity contribution is -1.03. The topological polar surface area (TPSA) is 163 Å². The van der Waals surface area contributed by atoms with E-state index in [0.29, 0.717) is 38.5 Å². The van der Waals surface area contributed by atoms with Crippen LogP contribution < -0.4 is 21.9 Å². The molecular formula is C46H61BrN2O10. The Labute approximate surface area is 357 Å². The molecule has 5 bridgehead atoms. The highest BCUT2D eigenvalue weighted by Gasteiger charge is 2.83. The number of carbonyl (C=O) groups excluding carboxylic acids is 3. The van der Waals surface area contributed by atoms with Gasteiger partial charge in [-0.1, -0.05) is 32.0 Å². The van der Waals surface area contributed by atoms with E-state index in [9.17, 15) is 34.8 Å². The molecule has 0 amide bonds. The summed E-state index contributed by atoms with van der Waals surface area (Å²) >= 11 is 0. The van der Waals surface area contributed by atoms with Crippen molar-refractivity contribution in [2.24, 2.45) is 46.3 Å². The number of para-hydroxylation sites is 1. The highest BCUT2D eigenvalue weighted by molar-refractivity contribution is 5.85. The summed E-state index contributed by atoms with van der Waals surface area (Å²) in [6.45, 7) is 4.49.